The monoisotopic (exact) mass is 383 g/mol. The van der Waals surface area contributed by atoms with E-state index in [1.165, 1.54) is 24.3 Å². The molecule has 0 aromatic heterocycles. The molecule has 1 aliphatic rings. The van der Waals surface area contributed by atoms with E-state index in [4.69, 9.17) is 4.74 Å². The fourth-order valence-electron chi connectivity index (χ4n) is 3.72. The molecule has 0 aliphatic carbocycles. The maximum Gasteiger partial charge on any atom is 0.223 e. The highest BCUT2D eigenvalue weighted by Crippen LogP contribution is 2.31. The molecule has 28 heavy (non-hydrogen) atoms. The van der Waals surface area contributed by atoms with Gasteiger partial charge in [0.25, 0.3) is 0 Å². The second-order valence-electron chi connectivity index (χ2n) is 7.16. The van der Waals surface area contributed by atoms with Crippen LogP contribution in [0.4, 0.5) is 4.39 Å². The lowest BCUT2D eigenvalue weighted by Crippen LogP contribution is -2.35. The summed E-state index contributed by atoms with van der Waals surface area (Å²) < 4.78 is 18.2. The zero-order chi connectivity index (χ0) is 19.9. The van der Waals surface area contributed by atoms with Gasteiger partial charge in [-0.2, -0.15) is 0 Å². The minimum Gasteiger partial charge on any atom is -0.497 e. The summed E-state index contributed by atoms with van der Waals surface area (Å²) in [4.78, 5) is 27.2. The molecule has 2 aromatic rings. The zero-order valence-corrected chi connectivity index (χ0v) is 16.2. The van der Waals surface area contributed by atoms with Crippen molar-refractivity contribution in [1.29, 1.82) is 0 Å². The van der Waals surface area contributed by atoms with Gasteiger partial charge >= 0.3 is 0 Å². The van der Waals surface area contributed by atoms with Gasteiger partial charge in [0.05, 0.1) is 13.2 Å². The molecule has 1 amide bonds. The summed E-state index contributed by atoms with van der Waals surface area (Å²) in [6.45, 7) is 0.709. The van der Waals surface area contributed by atoms with Crippen molar-refractivity contribution in [3.05, 3.63) is 65.5 Å². The topological polar surface area (TPSA) is 46.6 Å². The molecule has 1 aliphatic heterocycles. The van der Waals surface area contributed by atoms with Gasteiger partial charge in [-0.15, -0.1) is 0 Å². The van der Waals surface area contributed by atoms with E-state index >= 15 is 0 Å². The normalized spacial score (nSPS) is 17.1. The second-order valence-corrected chi connectivity index (χ2v) is 7.16. The summed E-state index contributed by atoms with van der Waals surface area (Å²) in [6.07, 6.45) is 4.38. The van der Waals surface area contributed by atoms with Crippen LogP contribution in [0.25, 0.3) is 0 Å². The lowest BCUT2D eigenvalue weighted by molar-refractivity contribution is -0.133. The molecule has 0 N–H and O–H groups in total. The van der Waals surface area contributed by atoms with E-state index in [2.05, 4.69) is 0 Å². The number of likely N-dealkylation sites (tertiary alicyclic amines) is 1. The number of methoxy groups -OCH3 is 1. The highest BCUT2D eigenvalue weighted by molar-refractivity contribution is 5.97. The fourth-order valence-corrected chi connectivity index (χ4v) is 3.72. The van der Waals surface area contributed by atoms with Gasteiger partial charge in [0.2, 0.25) is 5.91 Å². The number of carbonyl (C=O) groups excluding carboxylic acids is 2. The molecular weight excluding hydrogens is 357 g/mol. The number of rotatable bonds is 6. The Balaban J connectivity index is 1.67. The summed E-state index contributed by atoms with van der Waals surface area (Å²) in [6, 6.07) is 13.4. The summed E-state index contributed by atoms with van der Waals surface area (Å²) in [5.41, 5.74) is 1.54. The van der Waals surface area contributed by atoms with Crippen molar-refractivity contribution < 1.29 is 18.7 Å². The Hall–Kier alpha value is -2.69. The van der Waals surface area contributed by atoms with Gasteiger partial charge in [-0.25, -0.2) is 4.39 Å². The first-order valence-corrected chi connectivity index (χ1v) is 9.80. The number of benzene rings is 2. The Labute approximate surface area is 165 Å². The van der Waals surface area contributed by atoms with Crippen molar-refractivity contribution in [3.8, 4) is 5.75 Å². The number of ketones is 1. The molecule has 0 bridgehead atoms. The number of nitrogens with zero attached hydrogens (tertiary/aromatic N) is 1. The Morgan fingerprint density at radius 1 is 1.00 bits per heavy atom. The molecule has 0 saturated carbocycles. The molecule has 0 radical (unpaired) electrons. The molecule has 1 atom stereocenters. The Kier molecular flexibility index (Phi) is 6.80. The van der Waals surface area contributed by atoms with Crippen molar-refractivity contribution in [2.45, 2.75) is 44.6 Å². The highest BCUT2D eigenvalue weighted by Gasteiger charge is 2.27. The van der Waals surface area contributed by atoms with Crippen molar-refractivity contribution >= 4 is 11.7 Å². The largest absolute Gasteiger partial charge is 0.497 e. The van der Waals surface area contributed by atoms with Crippen LogP contribution in [0.3, 0.4) is 0 Å². The van der Waals surface area contributed by atoms with E-state index in [0.717, 1.165) is 37.0 Å². The molecular formula is C23H26FNO3. The van der Waals surface area contributed by atoms with Crippen LogP contribution in [0.2, 0.25) is 0 Å². The number of amides is 1. The van der Waals surface area contributed by atoms with Gasteiger partial charge in [0, 0.05) is 24.9 Å². The van der Waals surface area contributed by atoms with E-state index in [1.807, 2.05) is 29.2 Å². The Morgan fingerprint density at radius 2 is 1.71 bits per heavy atom. The van der Waals surface area contributed by atoms with Crippen LogP contribution in [0.1, 0.15) is 60.5 Å². The first-order valence-electron chi connectivity index (χ1n) is 9.80. The average Bonchev–Trinajstić information content (AvgIpc) is 2.98. The van der Waals surface area contributed by atoms with E-state index in [9.17, 15) is 14.0 Å². The number of hydrogen-bond acceptors (Lipinski definition) is 3. The number of ether oxygens (including phenoxy) is 1. The van der Waals surface area contributed by atoms with Crippen LogP contribution in [-0.2, 0) is 4.79 Å². The number of hydrogen-bond donors (Lipinski definition) is 0. The van der Waals surface area contributed by atoms with Crippen LogP contribution < -0.4 is 4.74 Å². The highest BCUT2D eigenvalue weighted by atomic mass is 19.1. The maximum absolute atomic E-state index is 13.0. The van der Waals surface area contributed by atoms with E-state index < -0.39 is 0 Å². The van der Waals surface area contributed by atoms with E-state index in [1.54, 1.807) is 7.11 Å². The number of halogens is 1. The maximum atomic E-state index is 13.0. The first-order chi connectivity index (χ1) is 13.6. The minimum absolute atomic E-state index is 0.00169. The van der Waals surface area contributed by atoms with Crippen LogP contribution >= 0.6 is 0 Å². The quantitative estimate of drug-likeness (QED) is 0.664. The molecule has 148 valence electrons. The van der Waals surface area contributed by atoms with Crippen LogP contribution in [0.5, 0.6) is 5.75 Å². The van der Waals surface area contributed by atoms with Gasteiger partial charge < -0.3 is 9.64 Å². The molecule has 4 nitrogen and oxygen atoms in total. The van der Waals surface area contributed by atoms with Crippen molar-refractivity contribution in [2.75, 3.05) is 13.7 Å². The summed E-state index contributed by atoms with van der Waals surface area (Å²) in [5.74, 6) is 0.280. The van der Waals surface area contributed by atoms with E-state index in [0.29, 0.717) is 12.1 Å². The molecule has 5 heteroatoms. The van der Waals surface area contributed by atoms with Crippen molar-refractivity contribution in [3.63, 3.8) is 0 Å². The predicted molar refractivity (Wildman–Crippen MR) is 106 cm³/mol. The minimum atomic E-state index is -0.375. The lowest BCUT2D eigenvalue weighted by Gasteiger charge is -2.30. The molecule has 3 rings (SSSR count). The third kappa shape index (κ3) is 4.97. The molecule has 1 fully saturated rings. The van der Waals surface area contributed by atoms with Crippen molar-refractivity contribution in [2.24, 2.45) is 0 Å². The molecule has 0 spiro atoms. The van der Waals surface area contributed by atoms with Gasteiger partial charge in [0.1, 0.15) is 11.6 Å². The average molecular weight is 383 g/mol. The molecule has 2 aromatic carbocycles. The lowest BCUT2D eigenvalue weighted by atomic mass is 9.99. The SMILES string of the molecule is COc1ccc(C2CCCCCN2C(=O)CCC(=O)c2ccc(F)cc2)cc1. The van der Waals surface area contributed by atoms with Crippen LogP contribution in [-0.4, -0.2) is 30.2 Å². The van der Waals surface area contributed by atoms with Gasteiger partial charge in [-0.05, 0) is 54.8 Å². The van der Waals surface area contributed by atoms with Gasteiger partial charge in [-0.1, -0.05) is 25.0 Å². The van der Waals surface area contributed by atoms with E-state index in [-0.39, 0.29) is 36.4 Å². The third-order valence-electron chi connectivity index (χ3n) is 5.31. The van der Waals surface area contributed by atoms with Crippen LogP contribution in [0.15, 0.2) is 48.5 Å². The zero-order valence-electron chi connectivity index (χ0n) is 16.2. The first kappa shape index (κ1) is 20.1. The smallest absolute Gasteiger partial charge is 0.223 e. The Bertz CT molecular complexity index is 802. The van der Waals surface area contributed by atoms with Gasteiger partial charge in [-0.3, -0.25) is 9.59 Å². The second kappa shape index (κ2) is 9.49. The summed E-state index contributed by atoms with van der Waals surface area (Å²) in [7, 11) is 1.63. The predicted octanol–water partition coefficient (Wildman–Crippen LogP) is 4.94. The summed E-state index contributed by atoms with van der Waals surface area (Å²) in [5, 5.41) is 0. The fraction of sp³-hybridized carbons (Fsp3) is 0.391. The van der Waals surface area contributed by atoms with Crippen LogP contribution in [0, 0.1) is 5.82 Å². The number of carbonyl (C=O) groups is 2. The van der Waals surface area contributed by atoms with Gasteiger partial charge in [0.15, 0.2) is 5.78 Å². The molecule has 1 unspecified atom stereocenters. The summed E-state index contributed by atoms with van der Waals surface area (Å²) >= 11 is 0. The standard InChI is InChI=1S/C23H26FNO3/c1-28-20-12-8-17(9-13-20)21-5-3-2-4-16-25(21)23(27)15-14-22(26)18-6-10-19(24)11-7-18/h6-13,21H,2-5,14-16H2,1H3. The third-order valence-corrected chi connectivity index (χ3v) is 5.31. The molecule has 1 heterocycles. The number of Topliss-reactive ketones (excluding diaryl/α,β-unsaturated/α-hetero) is 1. The molecule has 1 saturated heterocycles. The Morgan fingerprint density at radius 3 is 2.39 bits per heavy atom. The van der Waals surface area contributed by atoms with Crippen molar-refractivity contribution in [1.82, 2.24) is 4.90 Å².